The Kier molecular flexibility index (Phi) is 12.2. The Hall–Kier alpha value is -1.84. The second kappa shape index (κ2) is 14.3. The maximum Gasteiger partial charge on any atom is 0.330 e. The molecule has 146 valence electrons. The first-order chi connectivity index (χ1) is 12.6. The predicted octanol–water partition coefficient (Wildman–Crippen LogP) is 5.63. The van der Waals surface area contributed by atoms with Crippen molar-refractivity contribution in [1.29, 1.82) is 0 Å². The fraction of sp³-hybridized carbons (Fsp3) is 0.636. The van der Waals surface area contributed by atoms with Crippen LogP contribution < -0.4 is 5.32 Å². The summed E-state index contributed by atoms with van der Waals surface area (Å²) in [5, 5.41) is 12.0. The molecule has 1 atom stereocenters. The van der Waals surface area contributed by atoms with E-state index in [1.807, 2.05) is 6.07 Å². The third-order valence-electron chi connectivity index (χ3n) is 4.69. The molecule has 0 aliphatic rings. The highest BCUT2D eigenvalue weighted by molar-refractivity contribution is 5.84. The molecule has 4 heteroatoms. The lowest BCUT2D eigenvalue weighted by Gasteiger charge is -2.14. The van der Waals surface area contributed by atoms with Gasteiger partial charge in [-0.3, -0.25) is 4.79 Å². The number of carboxylic acid groups (broad SMARTS) is 1. The van der Waals surface area contributed by atoms with E-state index in [0.29, 0.717) is 12.0 Å². The number of carbonyl (C=O) groups excluding carboxylic acids is 1. The van der Waals surface area contributed by atoms with Crippen LogP contribution in [0.15, 0.2) is 30.3 Å². The summed E-state index contributed by atoms with van der Waals surface area (Å²) in [6.07, 6.45) is 14.0. The molecule has 1 aromatic rings. The maximum absolute atomic E-state index is 12.0. The Morgan fingerprint density at radius 3 is 1.85 bits per heavy atom. The predicted molar refractivity (Wildman–Crippen MR) is 106 cm³/mol. The van der Waals surface area contributed by atoms with Crippen LogP contribution in [0.5, 0.6) is 0 Å². The van der Waals surface area contributed by atoms with Gasteiger partial charge in [-0.25, -0.2) is 4.79 Å². The summed E-state index contributed by atoms with van der Waals surface area (Å²) in [6.45, 7) is 2.24. The van der Waals surface area contributed by atoms with E-state index in [-0.39, 0.29) is 5.91 Å². The lowest BCUT2D eigenvalue weighted by atomic mass is 10.0. The van der Waals surface area contributed by atoms with Crippen molar-refractivity contribution in [2.45, 2.75) is 90.0 Å². The van der Waals surface area contributed by atoms with Crippen molar-refractivity contribution < 1.29 is 14.7 Å². The zero-order chi connectivity index (χ0) is 19.0. The van der Waals surface area contributed by atoms with Gasteiger partial charge >= 0.3 is 5.97 Å². The van der Waals surface area contributed by atoms with E-state index in [1.54, 1.807) is 24.3 Å². The molecule has 0 bridgehead atoms. The number of benzene rings is 1. The Morgan fingerprint density at radius 2 is 1.35 bits per heavy atom. The molecule has 0 heterocycles. The summed E-state index contributed by atoms with van der Waals surface area (Å²) in [5.74, 6) is -1.21. The van der Waals surface area contributed by atoms with Gasteiger partial charge in [0.2, 0.25) is 5.91 Å². The highest BCUT2D eigenvalue weighted by Crippen LogP contribution is 2.14. The van der Waals surface area contributed by atoms with Crippen LogP contribution in [0.2, 0.25) is 0 Å². The smallest absolute Gasteiger partial charge is 0.330 e. The quantitative estimate of drug-likeness (QED) is 0.398. The Balaban J connectivity index is 2.08. The number of carboxylic acids is 1. The zero-order valence-electron chi connectivity index (χ0n) is 16.2. The van der Waals surface area contributed by atoms with Gasteiger partial charge in [0.05, 0.1) is 0 Å². The molecule has 2 N–H and O–H groups in total. The minimum absolute atomic E-state index is 0.183. The van der Waals surface area contributed by atoms with Crippen LogP contribution in [-0.4, -0.2) is 17.0 Å². The average Bonchev–Trinajstić information content (AvgIpc) is 2.64. The van der Waals surface area contributed by atoms with Gasteiger partial charge in [-0.15, -0.1) is 0 Å². The molecule has 1 aromatic carbocycles. The van der Waals surface area contributed by atoms with Crippen LogP contribution >= 0.6 is 0 Å². The summed E-state index contributed by atoms with van der Waals surface area (Å²) in [7, 11) is 0. The van der Waals surface area contributed by atoms with Crippen LogP contribution in [-0.2, 0) is 9.59 Å². The molecule has 1 amide bonds. The first-order valence-corrected chi connectivity index (χ1v) is 10.2. The lowest BCUT2D eigenvalue weighted by molar-refractivity contribution is -0.142. The van der Waals surface area contributed by atoms with Crippen LogP contribution in [0.3, 0.4) is 0 Å². The number of rotatable bonds is 15. The van der Waals surface area contributed by atoms with Crippen molar-refractivity contribution >= 4 is 11.9 Å². The van der Waals surface area contributed by atoms with Crippen molar-refractivity contribution in [2.24, 2.45) is 0 Å². The molecule has 0 fully saturated rings. The number of nitrogens with one attached hydrogen (secondary N) is 1. The lowest BCUT2D eigenvalue weighted by Crippen LogP contribution is -2.33. The van der Waals surface area contributed by atoms with Crippen molar-refractivity contribution in [3.8, 4) is 0 Å². The third kappa shape index (κ3) is 10.2. The number of amides is 1. The summed E-state index contributed by atoms with van der Waals surface area (Å²) in [4.78, 5) is 23.4. The minimum Gasteiger partial charge on any atom is -0.479 e. The van der Waals surface area contributed by atoms with Gasteiger partial charge in [0.1, 0.15) is 0 Å². The molecule has 1 unspecified atom stereocenters. The SMILES string of the molecule is CCCCCCCCCCCCCC(=O)NC(C(=O)O)c1ccccc1. The molecule has 26 heavy (non-hydrogen) atoms. The van der Waals surface area contributed by atoms with E-state index in [0.717, 1.165) is 19.3 Å². The molecule has 4 nitrogen and oxygen atoms in total. The van der Waals surface area contributed by atoms with Crippen LogP contribution in [0, 0.1) is 0 Å². The van der Waals surface area contributed by atoms with Gasteiger partial charge < -0.3 is 10.4 Å². The number of unbranched alkanes of at least 4 members (excludes halogenated alkanes) is 10. The molecular weight excluding hydrogens is 326 g/mol. The molecule has 0 spiro atoms. The van der Waals surface area contributed by atoms with Gasteiger partial charge in [-0.2, -0.15) is 0 Å². The van der Waals surface area contributed by atoms with Gasteiger partial charge in [-0.1, -0.05) is 101 Å². The van der Waals surface area contributed by atoms with Crippen LogP contribution in [0.1, 0.15) is 95.6 Å². The van der Waals surface area contributed by atoms with Crippen LogP contribution in [0.4, 0.5) is 0 Å². The Morgan fingerprint density at radius 1 is 0.846 bits per heavy atom. The standard InChI is InChI=1S/C22H35NO3/c1-2-3-4-5-6-7-8-9-10-11-15-18-20(24)23-21(22(25)26)19-16-13-12-14-17-19/h12-14,16-17,21H,2-11,15,18H2,1H3,(H,23,24)(H,25,26). The first kappa shape index (κ1) is 22.2. The second-order valence-corrected chi connectivity index (χ2v) is 7.03. The molecule has 0 saturated heterocycles. The maximum atomic E-state index is 12.0. The molecule has 0 aliphatic carbocycles. The average molecular weight is 362 g/mol. The van der Waals surface area contributed by atoms with E-state index < -0.39 is 12.0 Å². The Bertz CT molecular complexity index is 501. The minimum atomic E-state index is -1.02. The first-order valence-electron chi connectivity index (χ1n) is 10.2. The van der Waals surface area contributed by atoms with Crippen molar-refractivity contribution in [3.63, 3.8) is 0 Å². The van der Waals surface area contributed by atoms with E-state index in [1.165, 1.54) is 51.4 Å². The van der Waals surface area contributed by atoms with Crippen molar-refractivity contribution in [3.05, 3.63) is 35.9 Å². The summed E-state index contributed by atoms with van der Waals surface area (Å²) in [6, 6.07) is 7.87. The number of hydrogen-bond acceptors (Lipinski definition) is 2. The second-order valence-electron chi connectivity index (χ2n) is 7.03. The van der Waals surface area contributed by atoms with Gasteiger partial charge in [0.25, 0.3) is 0 Å². The fourth-order valence-electron chi connectivity index (χ4n) is 3.12. The molecular formula is C22H35NO3. The molecule has 0 saturated carbocycles. The Labute approximate surface area is 158 Å². The van der Waals surface area contributed by atoms with E-state index >= 15 is 0 Å². The third-order valence-corrected chi connectivity index (χ3v) is 4.69. The highest BCUT2D eigenvalue weighted by Gasteiger charge is 2.21. The molecule has 0 aromatic heterocycles. The topological polar surface area (TPSA) is 66.4 Å². The van der Waals surface area contributed by atoms with E-state index in [2.05, 4.69) is 12.2 Å². The van der Waals surface area contributed by atoms with Gasteiger partial charge in [0.15, 0.2) is 6.04 Å². The zero-order valence-corrected chi connectivity index (χ0v) is 16.2. The number of carbonyl (C=O) groups is 2. The molecule has 0 radical (unpaired) electrons. The summed E-state index contributed by atoms with van der Waals surface area (Å²) in [5.41, 5.74) is 0.604. The summed E-state index contributed by atoms with van der Waals surface area (Å²) < 4.78 is 0. The fourth-order valence-corrected chi connectivity index (χ4v) is 3.12. The van der Waals surface area contributed by atoms with Crippen molar-refractivity contribution in [1.82, 2.24) is 5.32 Å². The van der Waals surface area contributed by atoms with Crippen molar-refractivity contribution in [2.75, 3.05) is 0 Å². The van der Waals surface area contributed by atoms with Gasteiger partial charge in [-0.05, 0) is 12.0 Å². The summed E-state index contributed by atoms with van der Waals surface area (Å²) >= 11 is 0. The normalized spacial score (nSPS) is 11.9. The molecule has 1 rings (SSSR count). The largest absolute Gasteiger partial charge is 0.479 e. The van der Waals surface area contributed by atoms with Crippen LogP contribution in [0.25, 0.3) is 0 Å². The number of aliphatic carboxylic acids is 1. The monoisotopic (exact) mass is 361 g/mol. The molecule has 0 aliphatic heterocycles. The van der Waals surface area contributed by atoms with Gasteiger partial charge in [0, 0.05) is 6.42 Å². The highest BCUT2D eigenvalue weighted by atomic mass is 16.4. The number of hydrogen-bond donors (Lipinski definition) is 2. The van der Waals surface area contributed by atoms with E-state index in [4.69, 9.17) is 0 Å². The van der Waals surface area contributed by atoms with E-state index in [9.17, 15) is 14.7 Å².